The van der Waals surface area contributed by atoms with E-state index in [0.29, 0.717) is 6.42 Å². The van der Waals surface area contributed by atoms with E-state index in [0.717, 1.165) is 31.7 Å². The normalized spacial score (nSPS) is 22.0. The Balaban J connectivity index is 1.93. The monoisotopic (exact) mass is 296 g/mol. The summed E-state index contributed by atoms with van der Waals surface area (Å²) in [5.74, 6) is 0.245. The quantitative estimate of drug-likeness (QED) is 0.866. The number of piperazine rings is 1. The van der Waals surface area contributed by atoms with Gasteiger partial charge in [-0.3, -0.25) is 4.90 Å². The Hall–Kier alpha value is -1.66. The molecule has 0 radical (unpaired) electrons. The van der Waals surface area contributed by atoms with Gasteiger partial charge in [-0.25, -0.2) is 0 Å². The molecule has 2 aliphatic rings. The molecule has 1 aromatic carbocycles. The number of hydrogen-bond donors (Lipinski definition) is 1. The minimum Gasteiger partial charge on any atom is -0.395 e. The van der Waals surface area contributed by atoms with Crippen LogP contribution in [0.1, 0.15) is 18.0 Å². The van der Waals surface area contributed by atoms with Crippen molar-refractivity contribution in [1.29, 1.82) is 0 Å². The van der Waals surface area contributed by atoms with Crippen LogP contribution in [0.3, 0.4) is 0 Å². The van der Waals surface area contributed by atoms with Crippen LogP contribution < -0.4 is 14.8 Å². The molecule has 114 valence electrons. The van der Waals surface area contributed by atoms with Crippen molar-refractivity contribution in [3.8, 4) is 11.5 Å². The van der Waals surface area contributed by atoms with Crippen molar-refractivity contribution in [3.05, 3.63) is 36.4 Å². The van der Waals surface area contributed by atoms with Gasteiger partial charge in [0.1, 0.15) is 0 Å². The number of ether oxygens (including phenoxy) is 2. The maximum atomic E-state index is 13.3. The van der Waals surface area contributed by atoms with E-state index in [1.54, 1.807) is 12.1 Å². The number of para-hydroxylation sites is 1. The third-order valence-corrected chi connectivity index (χ3v) is 3.80. The molecule has 0 spiro atoms. The lowest BCUT2D eigenvalue weighted by Crippen LogP contribution is -2.45. The lowest BCUT2D eigenvalue weighted by atomic mass is 9.99. The van der Waals surface area contributed by atoms with E-state index in [9.17, 15) is 8.78 Å². The second-order valence-corrected chi connectivity index (χ2v) is 5.17. The Morgan fingerprint density at radius 1 is 1.33 bits per heavy atom. The van der Waals surface area contributed by atoms with Crippen LogP contribution in [-0.2, 0) is 0 Å². The van der Waals surface area contributed by atoms with Gasteiger partial charge in [0.25, 0.3) is 0 Å². The molecule has 0 amide bonds. The Labute approximate surface area is 122 Å². The Bertz CT molecular complexity index is 530. The third-order valence-electron chi connectivity index (χ3n) is 3.80. The number of nitrogens with zero attached hydrogens (tertiary/aromatic N) is 1. The SMILES string of the molecule is C=CC[C@@H](c1cccc2c1OC(F)(F)O2)N1CCNCC1. The first-order valence-electron chi connectivity index (χ1n) is 7.05. The summed E-state index contributed by atoms with van der Waals surface area (Å²) in [6.45, 7) is 7.27. The lowest BCUT2D eigenvalue weighted by Gasteiger charge is -2.35. The van der Waals surface area contributed by atoms with Crippen LogP contribution in [0.4, 0.5) is 8.78 Å². The predicted molar refractivity (Wildman–Crippen MR) is 74.6 cm³/mol. The van der Waals surface area contributed by atoms with Crippen LogP contribution in [0.2, 0.25) is 0 Å². The van der Waals surface area contributed by atoms with Gasteiger partial charge in [-0.2, -0.15) is 0 Å². The molecule has 1 aromatic rings. The molecule has 0 aliphatic carbocycles. The molecule has 1 saturated heterocycles. The maximum absolute atomic E-state index is 13.3. The number of hydrogen-bond acceptors (Lipinski definition) is 4. The van der Waals surface area contributed by atoms with Gasteiger partial charge in [0, 0.05) is 37.8 Å². The first kappa shape index (κ1) is 14.3. The summed E-state index contributed by atoms with van der Waals surface area (Å²) in [5.41, 5.74) is 0.728. The van der Waals surface area contributed by atoms with Crippen molar-refractivity contribution in [3.63, 3.8) is 0 Å². The summed E-state index contributed by atoms with van der Waals surface area (Å²) < 4.78 is 35.9. The number of benzene rings is 1. The van der Waals surface area contributed by atoms with E-state index < -0.39 is 6.29 Å². The second kappa shape index (κ2) is 5.61. The van der Waals surface area contributed by atoms with Crippen LogP contribution in [0.15, 0.2) is 30.9 Å². The zero-order chi connectivity index (χ0) is 14.9. The van der Waals surface area contributed by atoms with Gasteiger partial charge in [0.2, 0.25) is 0 Å². The molecule has 0 bridgehead atoms. The van der Waals surface area contributed by atoms with Crippen LogP contribution in [0.25, 0.3) is 0 Å². The summed E-state index contributed by atoms with van der Waals surface area (Å²) in [4.78, 5) is 2.26. The molecule has 6 heteroatoms. The van der Waals surface area contributed by atoms with Crippen molar-refractivity contribution in [1.82, 2.24) is 10.2 Å². The number of rotatable bonds is 4. The number of fused-ring (bicyclic) bond motifs is 1. The summed E-state index contributed by atoms with van der Waals surface area (Å²) in [6.07, 6.45) is -1.11. The standard InChI is InChI=1S/C15H18F2N2O2/c1-2-4-12(19-9-7-18-8-10-19)11-5-3-6-13-14(11)21-15(16,17)20-13/h2-3,5-6,12,18H,1,4,7-10H2/t12-/m0/s1. The number of alkyl halides is 2. The highest BCUT2D eigenvalue weighted by atomic mass is 19.3. The topological polar surface area (TPSA) is 33.7 Å². The molecule has 1 N–H and O–H groups in total. The van der Waals surface area contributed by atoms with E-state index in [2.05, 4.69) is 21.5 Å². The van der Waals surface area contributed by atoms with E-state index in [1.165, 1.54) is 6.07 Å². The van der Waals surface area contributed by atoms with Crippen molar-refractivity contribution < 1.29 is 18.3 Å². The molecule has 21 heavy (non-hydrogen) atoms. The molecule has 1 atom stereocenters. The first-order chi connectivity index (χ1) is 10.1. The smallest absolute Gasteiger partial charge is 0.395 e. The first-order valence-corrected chi connectivity index (χ1v) is 7.05. The minimum absolute atomic E-state index is 0.0305. The van der Waals surface area contributed by atoms with Crippen molar-refractivity contribution in [2.75, 3.05) is 26.2 Å². The summed E-state index contributed by atoms with van der Waals surface area (Å²) in [6, 6.07) is 5.01. The van der Waals surface area contributed by atoms with Gasteiger partial charge in [-0.1, -0.05) is 18.2 Å². The van der Waals surface area contributed by atoms with Gasteiger partial charge in [0.15, 0.2) is 11.5 Å². The highest BCUT2D eigenvalue weighted by Crippen LogP contribution is 2.46. The maximum Gasteiger partial charge on any atom is 0.586 e. The lowest BCUT2D eigenvalue weighted by molar-refractivity contribution is -0.287. The van der Waals surface area contributed by atoms with Crippen LogP contribution in [0, 0.1) is 0 Å². The molecule has 0 unspecified atom stereocenters. The molecule has 1 fully saturated rings. The predicted octanol–water partition coefficient (Wildman–Crippen LogP) is 2.53. The highest BCUT2D eigenvalue weighted by molar-refractivity contribution is 5.50. The van der Waals surface area contributed by atoms with E-state index >= 15 is 0 Å². The minimum atomic E-state index is -3.58. The van der Waals surface area contributed by atoms with Crippen molar-refractivity contribution in [2.24, 2.45) is 0 Å². The molecule has 2 aliphatic heterocycles. The van der Waals surface area contributed by atoms with Crippen LogP contribution in [0.5, 0.6) is 11.5 Å². The zero-order valence-electron chi connectivity index (χ0n) is 11.6. The van der Waals surface area contributed by atoms with Crippen molar-refractivity contribution in [2.45, 2.75) is 18.8 Å². The van der Waals surface area contributed by atoms with Crippen molar-refractivity contribution >= 4 is 0 Å². The molecule has 0 aromatic heterocycles. The molecule has 4 nitrogen and oxygen atoms in total. The molecule has 3 rings (SSSR count). The van der Waals surface area contributed by atoms with Crippen LogP contribution in [-0.4, -0.2) is 37.4 Å². The third kappa shape index (κ3) is 2.87. The molecular formula is C15H18F2N2O2. The second-order valence-electron chi connectivity index (χ2n) is 5.17. The van der Waals surface area contributed by atoms with Gasteiger partial charge in [-0.05, 0) is 12.5 Å². The largest absolute Gasteiger partial charge is 0.586 e. The average molecular weight is 296 g/mol. The molecule has 2 heterocycles. The fraction of sp³-hybridized carbons (Fsp3) is 0.467. The fourth-order valence-corrected chi connectivity index (χ4v) is 2.88. The number of halogens is 2. The van der Waals surface area contributed by atoms with E-state index in [4.69, 9.17) is 4.74 Å². The van der Waals surface area contributed by atoms with E-state index in [1.807, 2.05) is 6.07 Å². The number of nitrogens with one attached hydrogen (secondary N) is 1. The molecule has 0 saturated carbocycles. The summed E-state index contributed by atoms with van der Waals surface area (Å²) in [5, 5.41) is 3.29. The Morgan fingerprint density at radius 3 is 2.81 bits per heavy atom. The Kier molecular flexibility index (Phi) is 3.82. The van der Waals surface area contributed by atoms with Gasteiger partial charge >= 0.3 is 6.29 Å². The van der Waals surface area contributed by atoms with Gasteiger partial charge in [0.05, 0.1) is 0 Å². The molecular weight excluding hydrogens is 278 g/mol. The highest BCUT2D eigenvalue weighted by Gasteiger charge is 2.45. The Morgan fingerprint density at radius 2 is 2.10 bits per heavy atom. The van der Waals surface area contributed by atoms with Gasteiger partial charge in [-0.15, -0.1) is 15.4 Å². The van der Waals surface area contributed by atoms with Crippen LogP contribution >= 0.6 is 0 Å². The summed E-state index contributed by atoms with van der Waals surface area (Å²) in [7, 11) is 0. The summed E-state index contributed by atoms with van der Waals surface area (Å²) >= 11 is 0. The average Bonchev–Trinajstić information content (AvgIpc) is 2.79. The van der Waals surface area contributed by atoms with Gasteiger partial charge < -0.3 is 14.8 Å². The fourth-order valence-electron chi connectivity index (χ4n) is 2.88. The zero-order valence-corrected chi connectivity index (χ0v) is 11.6. The van der Waals surface area contributed by atoms with E-state index in [-0.39, 0.29) is 17.5 Å².